The first-order valence-corrected chi connectivity index (χ1v) is 31.9. The molecule has 0 aromatic heterocycles. The number of carbonyl (C=O) groups is 4. The zero-order valence-corrected chi connectivity index (χ0v) is 50.1. The lowest BCUT2D eigenvalue weighted by Gasteiger charge is -2.40. The van der Waals surface area contributed by atoms with E-state index in [2.05, 4.69) is 93.7 Å². The van der Waals surface area contributed by atoms with Crippen LogP contribution in [0.3, 0.4) is 0 Å². The molecular weight excluding hydrogens is 997 g/mol. The number of ether oxygens (including phenoxy) is 5. The number of esters is 3. The molecule has 6 unspecified atom stereocenters. The van der Waals surface area contributed by atoms with Gasteiger partial charge in [-0.1, -0.05) is 241 Å². The number of carbonyl (C=O) groups excluding carboxylic acids is 3. The van der Waals surface area contributed by atoms with E-state index in [0.717, 1.165) is 128 Å². The molecule has 0 bridgehead atoms. The summed E-state index contributed by atoms with van der Waals surface area (Å²) < 4.78 is 28.5. The summed E-state index contributed by atoms with van der Waals surface area (Å²) in [6.07, 6.45) is 57.1. The van der Waals surface area contributed by atoms with Crippen molar-refractivity contribution in [2.45, 2.75) is 314 Å². The van der Waals surface area contributed by atoms with E-state index in [9.17, 15) is 34.5 Å². The van der Waals surface area contributed by atoms with Crippen LogP contribution >= 0.6 is 0 Å². The summed E-state index contributed by atoms with van der Waals surface area (Å²) in [6, 6.07) is 0. The van der Waals surface area contributed by atoms with E-state index < -0.39 is 67.3 Å². The van der Waals surface area contributed by atoms with Crippen LogP contribution in [0.2, 0.25) is 0 Å². The highest BCUT2D eigenvalue weighted by Crippen LogP contribution is 2.27. The number of aliphatic hydroxyl groups excluding tert-OH is 2. The maximum Gasteiger partial charge on any atom is 0.335 e. The molecule has 3 N–H and O–H groups in total. The molecule has 0 aromatic carbocycles. The zero-order chi connectivity index (χ0) is 57.5. The molecule has 1 rings (SSSR count). The van der Waals surface area contributed by atoms with Gasteiger partial charge < -0.3 is 39.0 Å². The lowest BCUT2D eigenvalue weighted by molar-refractivity contribution is -0.301. The number of rotatable bonds is 54. The molecule has 1 saturated heterocycles. The summed E-state index contributed by atoms with van der Waals surface area (Å²) in [5.41, 5.74) is 0. The van der Waals surface area contributed by atoms with E-state index in [1.165, 1.54) is 89.9 Å². The first-order chi connectivity index (χ1) is 38.6. The normalized spacial score (nSPS) is 18.3. The predicted octanol–water partition coefficient (Wildman–Crippen LogP) is 16.9. The van der Waals surface area contributed by atoms with Crippen molar-refractivity contribution >= 4 is 23.9 Å². The van der Waals surface area contributed by atoms with E-state index in [0.29, 0.717) is 19.3 Å². The molecule has 0 saturated carbocycles. The summed E-state index contributed by atoms with van der Waals surface area (Å²) >= 11 is 0. The van der Waals surface area contributed by atoms with Crippen molar-refractivity contribution in [3.63, 3.8) is 0 Å². The Morgan fingerprint density at radius 2 is 0.797 bits per heavy atom. The molecule has 12 nitrogen and oxygen atoms in total. The molecule has 1 heterocycles. The minimum atomic E-state index is -1.91. The summed E-state index contributed by atoms with van der Waals surface area (Å²) in [6.45, 7) is 5.86. The Balaban J connectivity index is 2.68. The van der Waals surface area contributed by atoms with Crippen LogP contribution in [0.4, 0.5) is 0 Å². The second-order valence-electron chi connectivity index (χ2n) is 21.7. The molecule has 6 atom stereocenters. The maximum absolute atomic E-state index is 13.2. The smallest absolute Gasteiger partial charge is 0.335 e. The molecule has 0 spiro atoms. The van der Waals surface area contributed by atoms with Crippen LogP contribution in [0.5, 0.6) is 0 Å². The largest absolute Gasteiger partial charge is 0.479 e. The van der Waals surface area contributed by atoms with Crippen LogP contribution in [0.25, 0.3) is 0 Å². The highest BCUT2D eigenvalue weighted by molar-refractivity contribution is 5.74. The van der Waals surface area contributed by atoms with Gasteiger partial charge in [0.05, 0.1) is 6.61 Å². The molecule has 0 radical (unpaired) electrons. The standard InChI is InChI=1S/C67H114O12/c1-4-7-10-13-16-19-22-25-28-29-30-31-34-35-38-41-44-47-50-53-59(68)75-56-58(77-60(69)54-51-48-45-42-39-36-32-26-23-20-17-14-11-8-5-2)57-76-67-65(63(72)62(71)64(79-67)66(73)74)78-61(70)55-52-49-46-43-40-37-33-27-24-21-18-15-12-9-6-3/h7,10,16,18-19,21,25,27-28,30-31,33,58,62-65,67,71-72H,4-6,8-9,11-15,17,20,22-24,26,29,32,34-57H2,1-3H3,(H,73,74)/b10-7-,19-16-,21-18-,28-25-,31-30-,33-27-. The number of aliphatic carboxylic acids is 1. The lowest BCUT2D eigenvalue weighted by atomic mass is 9.98. The van der Waals surface area contributed by atoms with Crippen LogP contribution in [-0.2, 0) is 42.9 Å². The zero-order valence-electron chi connectivity index (χ0n) is 50.1. The fourth-order valence-electron chi connectivity index (χ4n) is 9.39. The molecule has 0 amide bonds. The molecule has 79 heavy (non-hydrogen) atoms. The van der Waals surface area contributed by atoms with Gasteiger partial charge in [-0.2, -0.15) is 0 Å². The number of aliphatic hydroxyl groups is 2. The van der Waals surface area contributed by atoms with Gasteiger partial charge in [-0.3, -0.25) is 14.4 Å². The number of carboxylic acids is 1. The molecule has 0 aromatic rings. The lowest BCUT2D eigenvalue weighted by Crippen LogP contribution is -2.61. The van der Waals surface area contributed by atoms with Crippen molar-refractivity contribution in [1.29, 1.82) is 0 Å². The van der Waals surface area contributed by atoms with Crippen LogP contribution in [-0.4, -0.2) is 89.2 Å². The molecule has 0 aliphatic carbocycles. The van der Waals surface area contributed by atoms with Gasteiger partial charge >= 0.3 is 23.9 Å². The Labute approximate surface area is 480 Å². The average Bonchev–Trinajstić information content (AvgIpc) is 3.46. The summed E-state index contributed by atoms with van der Waals surface area (Å²) in [4.78, 5) is 51.3. The Kier molecular flexibility index (Phi) is 50.7. The Bertz CT molecular complexity index is 1650. The molecule has 454 valence electrons. The SMILES string of the molecule is CC/C=C\C/C=C\C/C=C\C/C=C\CCCCCCCCC(=O)OCC(COC1OC(C(=O)O)C(O)C(O)C1OC(=O)CCCCCCC/C=C\C/C=C\CCCCC)OC(=O)CCCCCCCCCCCCCCCCC. The van der Waals surface area contributed by atoms with Gasteiger partial charge in [-0.15, -0.1) is 0 Å². The number of hydrogen-bond acceptors (Lipinski definition) is 11. The molecule has 1 aliphatic rings. The molecule has 12 heteroatoms. The Morgan fingerprint density at radius 3 is 1.24 bits per heavy atom. The van der Waals surface area contributed by atoms with E-state index in [4.69, 9.17) is 23.7 Å². The average molecular weight is 1110 g/mol. The van der Waals surface area contributed by atoms with E-state index in [1.807, 2.05) is 0 Å². The number of allylic oxidation sites excluding steroid dienone is 12. The van der Waals surface area contributed by atoms with Crippen LogP contribution in [0, 0.1) is 0 Å². The van der Waals surface area contributed by atoms with Crippen molar-refractivity contribution in [1.82, 2.24) is 0 Å². The summed E-state index contributed by atoms with van der Waals surface area (Å²) in [5, 5.41) is 31.5. The van der Waals surface area contributed by atoms with Crippen LogP contribution in [0.15, 0.2) is 72.9 Å². The van der Waals surface area contributed by atoms with Gasteiger partial charge in [-0.25, -0.2) is 4.79 Å². The van der Waals surface area contributed by atoms with Gasteiger partial charge in [-0.05, 0) is 89.9 Å². The van der Waals surface area contributed by atoms with Gasteiger partial charge in [0.2, 0.25) is 0 Å². The number of hydrogen-bond donors (Lipinski definition) is 3. The third-order valence-electron chi connectivity index (χ3n) is 14.3. The van der Waals surface area contributed by atoms with Crippen LogP contribution in [0.1, 0.15) is 278 Å². The minimum Gasteiger partial charge on any atom is -0.479 e. The minimum absolute atomic E-state index is 0.0427. The molecular formula is C67H114O12. The second-order valence-corrected chi connectivity index (χ2v) is 21.7. The highest BCUT2D eigenvalue weighted by atomic mass is 16.7. The van der Waals surface area contributed by atoms with Crippen molar-refractivity contribution in [2.24, 2.45) is 0 Å². The number of unbranched alkanes of at least 4 members (excludes halogenated alkanes) is 28. The number of carboxylic acid groups (broad SMARTS) is 1. The van der Waals surface area contributed by atoms with Crippen molar-refractivity contribution in [3.8, 4) is 0 Å². The van der Waals surface area contributed by atoms with Crippen LogP contribution < -0.4 is 0 Å². The van der Waals surface area contributed by atoms with Gasteiger partial charge in [0.1, 0.15) is 18.8 Å². The van der Waals surface area contributed by atoms with Gasteiger partial charge in [0.15, 0.2) is 24.6 Å². The highest BCUT2D eigenvalue weighted by Gasteiger charge is 2.50. The third-order valence-corrected chi connectivity index (χ3v) is 14.3. The Morgan fingerprint density at radius 1 is 0.430 bits per heavy atom. The van der Waals surface area contributed by atoms with Gasteiger partial charge in [0, 0.05) is 19.3 Å². The topological polar surface area (TPSA) is 175 Å². The fourth-order valence-corrected chi connectivity index (χ4v) is 9.39. The van der Waals surface area contributed by atoms with Crippen molar-refractivity contribution in [2.75, 3.05) is 13.2 Å². The first kappa shape index (κ1) is 73.2. The second kappa shape index (κ2) is 54.7. The molecule has 1 aliphatic heterocycles. The van der Waals surface area contributed by atoms with E-state index in [-0.39, 0.29) is 25.9 Å². The third kappa shape index (κ3) is 44.5. The molecule has 1 fully saturated rings. The maximum atomic E-state index is 13.2. The van der Waals surface area contributed by atoms with Crippen molar-refractivity contribution < 1.29 is 58.2 Å². The quantitative estimate of drug-likeness (QED) is 0.0228. The predicted molar refractivity (Wildman–Crippen MR) is 322 cm³/mol. The van der Waals surface area contributed by atoms with Crippen molar-refractivity contribution in [3.05, 3.63) is 72.9 Å². The first-order valence-electron chi connectivity index (χ1n) is 31.9. The van der Waals surface area contributed by atoms with Gasteiger partial charge in [0.25, 0.3) is 0 Å². The Hall–Kier alpha value is -3.84. The summed E-state index contributed by atoms with van der Waals surface area (Å²) in [5.74, 6) is -3.14. The fraction of sp³-hybridized carbons (Fsp3) is 0.761. The monoisotopic (exact) mass is 1110 g/mol. The summed E-state index contributed by atoms with van der Waals surface area (Å²) in [7, 11) is 0. The van der Waals surface area contributed by atoms with E-state index >= 15 is 0 Å². The van der Waals surface area contributed by atoms with E-state index in [1.54, 1.807) is 0 Å².